The number of anilines is 2. The van der Waals surface area contributed by atoms with Gasteiger partial charge in [0.25, 0.3) is 5.91 Å². The second-order valence-corrected chi connectivity index (χ2v) is 8.19. The third-order valence-corrected chi connectivity index (χ3v) is 6.18. The molecule has 2 atom stereocenters. The first kappa shape index (κ1) is 19.3. The summed E-state index contributed by atoms with van der Waals surface area (Å²) in [5.41, 5.74) is 2.90. The third-order valence-electron chi connectivity index (χ3n) is 6.18. The monoisotopic (exact) mass is 418 g/mol. The molecule has 0 spiro atoms. The van der Waals surface area contributed by atoms with Crippen LogP contribution in [-0.2, 0) is 16.1 Å². The Kier molecular flexibility index (Phi) is 4.50. The Morgan fingerprint density at radius 3 is 2.48 bits per heavy atom. The lowest BCUT2D eigenvalue weighted by atomic mass is 10.0. The highest BCUT2D eigenvalue weighted by Gasteiger charge is 2.41. The molecule has 0 bridgehead atoms. The van der Waals surface area contributed by atoms with Crippen LogP contribution < -0.4 is 15.1 Å². The van der Waals surface area contributed by atoms with E-state index < -0.39 is 11.9 Å². The van der Waals surface area contributed by atoms with Gasteiger partial charge in [-0.25, -0.2) is 4.79 Å². The van der Waals surface area contributed by atoms with Gasteiger partial charge in [0.05, 0.1) is 6.04 Å². The summed E-state index contributed by atoms with van der Waals surface area (Å²) in [6.45, 7) is 2.85. The van der Waals surface area contributed by atoms with Crippen LogP contribution in [0.2, 0.25) is 0 Å². The number of benzene rings is 2. The van der Waals surface area contributed by atoms with Crippen LogP contribution in [0.5, 0.6) is 0 Å². The average molecular weight is 418 g/mol. The fraction of sp³-hybridized carbons (Fsp3) is 0.304. The molecule has 1 N–H and O–H groups in total. The molecule has 8 nitrogen and oxygen atoms in total. The first-order valence-electron chi connectivity index (χ1n) is 10.4. The molecule has 0 aliphatic carbocycles. The lowest BCUT2D eigenvalue weighted by Crippen LogP contribution is -2.52. The molecule has 158 valence electrons. The van der Waals surface area contributed by atoms with Gasteiger partial charge < -0.3 is 4.90 Å². The third kappa shape index (κ3) is 3.15. The normalized spacial score (nSPS) is 23.5. The van der Waals surface area contributed by atoms with E-state index in [4.69, 9.17) is 0 Å². The zero-order chi connectivity index (χ0) is 21.7. The predicted molar refractivity (Wildman–Crippen MR) is 114 cm³/mol. The summed E-state index contributed by atoms with van der Waals surface area (Å²) >= 11 is 0. The van der Waals surface area contributed by atoms with Crippen LogP contribution in [0.1, 0.15) is 35.7 Å². The number of imide groups is 1. The standard InChI is InChI=1S/C23H22N4O4/c1-14-12-25(16-5-3-2-4-6-16)23(31)27(14)17-7-8-18-15(11-17)13-26(22(18)30)19-9-10-20(28)24-21(19)29/h2-8,11,14,19H,9-10,12-13H2,1H3,(H,24,28,29). The number of fused-ring (bicyclic) bond motifs is 1. The van der Waals surface area contributed by atoms with Crippen molar-refractivity contribution < 1.29 is 19.2 Å². The first-order chi connectivity index (χ1) is 14.9. The molecule has 5 amide bonds. The van der Waals surface area contributed by atoms with Crippen molar-refractivity contribution in [2.24, 2.45) is 0 Å². The largest absolute Gasteiger partial charge is 0.329 e. The fourth-order valence-corrected chi connectivity index (χ4v) is 4.64. The number of hydrogen-bond donors (Lipinski definition) is 1. The van der Waals surface area contributed by atoms with Gasteiger partial charge in [0.15, 0.2) is 0 Å². The molecule has 5 rings (SSSR count). The summed E-state index contributed by atoms with van der Waals surface area (Å²) in [6.07, 6.45) is 0.543. The number of nitrogens with zero attached hydrogens (tertiary/aromatic N) is 3. The Labute approximate surface area is 179 Å². The van der Waals surface area contributed by atoms with Gasteiger partial charge in [0.2, 0.25) is 11.8 Å². The molecule has 2 fully saturated rings. The molecule has 0 aromatic heterocycles. The molecule has 0 radical (unpaired) electrons. The van der Waals surface area contributed by atoms with Crippen molar-refractivity contribution in [3.8, 4) is 0 Å². The van der Waals surface area contributed by atoms with E-state index >= 15 is 0 Å². The molecule has 2 aromatic carbocycles. The van der Waals surface area contributed by atoms with E-state index in [9.17, 15) is 19.2 Å². The minimum absolute atomic E-state index is 0.0332. The fourth-order valence-electron chi connectivity index (χ4n) is 4.64. The van der Waals surface area contributed by atoms with Crippen LogP contribution in [-0.4, -0.2) is 47.3 Å². The Morgan fingerprint density at radius 1 is 0.968 bits per heavy atom. The summed E-state index contributed by atoms with van der Waals surface area (Å²) < 4.78 is 0. The quantitative estimate of drug-likeness (QED) is 0.775. The molecular weight excluding hydrogens is 396 g/mol. The number of piperidine rings is 1. The van der Waals surface area contributed by atoms with Crippen molar-refractivity contribution in [1.29, 1.82) is 0 Å². The van der Waals surface area contributed by atoms with Crippen LogP contribution in [0.15, 0.2) is 48.5 Å². The number of para-hydroxylation sites is 1. The number of urea groups is 1. The zero-order valence-corrected chi connectivity index (χ0v) is 17.1. The van der Waals surface area contributed by atoms with E-state index in [-0.39, 0.29) is 36.9 Å². The smallest absolute Gasteiger partial charge is 0.322 e. The highest BCUT2D eigenvalue weighted by atomic mass is 16.2. The molecule has 0 saturated carbocycles. The first-order valence-corrected chi connectivity index (χ1v) is 10.4. The molecule has 2 aromatic rings. The van der Waals surface area contributed by atoms with Gasteiger partial charge in [-0.2, -0.15) is 0 Å². The Morgan fingerprint density at radius 2 is 1.74 bits per heavy atom. The van der Waals surface area contributed by atoms with Crippen LogP contribution in [0.25, 0.3) is 0 Å². The second kappa shape index (κ2) is 7.23. The van der Waals surface area contributed by atoms with Crippen molar-refractivity contribution in [2.45, 2.75) is 38.4 Å². The van der Waals surface area contributed by atoms with E-state index in [0.29, 0.717) is 18.5 Å². The number of hydrogen-bond acceptors (Lipinski definition) is 4. The van der Waals surface area contributed by atoms with E-state index in [1.165, 1.54) is 4.90 Å². The highest BCUT2D eigenvalue weighted by molar-refractivity contribution is 6.08. The maximum atomic E-state index is 13.2. The van der Waals surface area contributed by atoms with Crippen molar-refractivity contribution in [3.63, 3.8) is 0 Å². The SMILES string of the molecule is CC1CN(c2ccccc2)C(=O)N1c1ccc2c(c1)CN(C1CCC(=O)NC1=O)C2=O. The Hall–Kier alpha value is -3.68. The molecule has 8 heteroatoms. The van der Waals surface area contributed by atoms with Crippen molar-refractivity contribution >= 4 is 35.1 Å². The number of carbonyl (C=O) groups is 4. The zero-order valence-electron chi connectivity index (χ0n) is 17.1. The minimum Gasteiger partial charge on any atom is -0.322 e. The molecule has 2 saturated heterocycles. The summed E-state index contributed by atoms with van der Waals surface area (Å²) in [5, 5.41) is 2.31. The van der Waals surface area contributed by atoms with Crippen LogP contribution in [0.4, 0.5) is 16.2 Å². The Balaban J connectivity index is 1.40. The molecule has 2 unspecified atom stereocenters. The van der Waals surface area contributed by atoms with Crippen molar-refractivity contribution in [3.05, 3.63) is 59.7 Å². The van der Waals surface area contributed by atoms with Crippen LogP contribution in [0, 0.1) is 0 Å². The predicted octanol–water partition coefficient (Wildman–Crippen LogP) is 2.28. The van der Waals surface area contributed by atoms with E-state index in [2.05, 4.69) is 5.32 Å². The van der Waals surface area contributed by atoms with Gasteiger partial charge in [-0.05, 0) is 49.2 Å². The molecule has 31 heavy (non-hydrogen) atoms. The molecule has 3 heterocycles. The maximum absolute atomic E-state index is 13.2. The lowest BCUT2D eigenvalue weighted by Gasteiger charge is -2.29. The van der Waals surface area contributed by atoms with Gasteiger partial charge in [0, 0.05) is 36.4 Å². The second-order valence-electron chi connectivity index (χ2n) is 8.19. The Bertz CT molecular complexity index is 1100. The topological polar surface area (TPSA) is 90.0 Å². The van der Waals surface area contributed by atoms with Crippen molar-refractivity contribution in [2.75, 3.05) is 16.3 Å². The van der Waals surface area contributed by atoms with Crippen molar-refractivity contribution in [1.82, 2.24) is 10.2 Å². The van der Waals surface area contributed by atoms with Gasteiger partial charge in [-0.15, -0.1) is 0 Å². The van der Waals surface area contributed by atoms with Gasteiger partial charge in [0.1, 0.15) is 6.04 Å². The minimum atomic E-state index is -0.651. The molecular formula is C23H22N4O4. The number of rotatable bonds is 3. The number of nitrogens with one attached hydrogen (secondary N) is 1. The summed E-state index contributed by atoms with van der Waals surface area (Å²) in [5.74, 6) is -0.959. The van der Waals surface area contributed by atoms with E-state index in [1.807, 2.05) is 43.3 Å². The van der Waals surface area contributed by atoms with E-state index in [0.717, 1.165) is 16.9 Å². The average Bonchev–Trinajstić information content (AvgIpc) is 3.24. The van der Waals surface area contributed by atoms with Gasteiger partial charge in [-0.3, -0.25) is 29.5 Å². The molecule has 3 aliphatic rings. The highest BCUT2D eigenvalue weighted by Crippen LogP contribution is 2.34. The lowest BCUT2D eigenvalue weighted by molar-refractivity contribution is -0.136. The van der Waals surface area contributed by atoms with E-state index in [1.54, 1.807) is 21.9 Å². The summed E-state index contributed by atoms with van der Waals surface area (Å²) in [4.78, 5) is 54.7. The van der Waals surface area contributed by atoms with Gasteiger partial charge >= 0.3 is 6.03 Å². The number of amides is 5. The maximum Gasteiger partial charge on any atom is 0.329 e. The van der Waals surface area contributed by atoms with Gasteiger partial charge in [-0.1, -0.05) is 18.2 Å². The molecule has 3 aliphatic heterocycles. The summed E-state index contributed by atoms with van der Waals surface area (Å²) in [7, 11) is 0. The number of carbonyl (C=O) groups excluding carboxylic acids is 4. The van der Waals surface area contributed by atoms with Crippen LogP contribution in [0.3, 0.4) is 0 Å². The van der Waals surface area contributed by atoms with Crippen LogP contribution >= 0.6 is 0 Å². The summed E-state index contributed by atoms with van der Waals surface area (Å²) in [6, 6.07) is 14.1.